The van der Waals surface area contributed by atoms with Gasteiger partial charge in [0.2, 0.25) is 0 Å². The molecular weight excluding hydrogens is 182 g/mol. The Kier molecular flexibility index (Phi) is 3.59. The van der Waals surface area contributed by atoms with Crippen LogP contribution in [0.25, 0.3) is 0 Å². The molecule has 4 heteroatoms. The number of aliphatic hydroxyl groups is 1. The topological polar surface area (TPSA) is 63.4 Å². The summed E-state index contributed by atoms with van der Waals surface area (Å²) in [5, 5.41) is 19.2. The van der Waals surface area contributed by atoms with Crippen molar-refractivity contribution in [2.24, 2.45) is 0 Å². The molecule has 0 aromatic heterocycles. The van der Waals surface area contributed by atoms with E-state index in [1.807, 2.05) is 13.0 Å². The van der Waals surface area contributed by atoms with Gasteiger partial charge in [0.15, 0.2) is 0 Å². The van der Waals surface area contributed by atoms with E-state index in [4.69, 9.17) is 5.11 Å². The molecular formula is C10H13NO3. The second kappa shape index (κ2) is 4.72. The molecule has 1 rings (SSSR count). The number of nitrogens with zero attached hydrogens (tertiary/aromatic N) is 1. The van der Waals surface area contributed by atoms with E-state index in [0.717, 1.165) is 11.1 Å². The Labute approximate surface area is 82.3 Å². The van der Waals surface area contributed by atoms with Gasteiger partial charge < -0.3 is 5.11 Å². The summed E-state index contributed by atoms with van der Waals surface area (Å²) in [4.78, 5) is 10.1. The van der Waals surface area contributed by atoms with Gasteiger partial charge in [0.05, 0.1) is 4.92 Å². The molecule has 0 amide bonds. The Hall–Kier alpha value is -1.42. The zero-order chi connectivity index (χ0) is 10.6. The van der Waals surface area contributed by atoms with Crippen molar-refractivity contribution in [2.45, 2.75) is 19.8 Å². The molecule has 0 atom stereocenters. The minimum absolute atomic E-state index is 0.113. The monoisotopic (exact) mass is 195 g/mol. The third-order valence-electron chi connectivity index (χ3n) is 1.96. The average molecular weight is 195 g/mol. The highest BCUT2D eigenvalue weighted by atomic mass is 16.6. The fraction of sp³-hybridized carbons (Fsp3) is 0.400. The van der Waals surface area contributed by atoms with E-state index in [9.17, 15) is 10.1 Å². The number of aryl methyl sites for hydroxylation is 2. The minimum Gasteiger partial charge on any atom is -0.396 e. The lowest BCUT2D eigenvalue weighted by molar-refractivity contribution is -0.385. The first-order chi connectivity index (χ1) is 6.63. The molecule has 0 aliphatic rings. The number of non-ortho nitro benzene ring substituents is 1. The summed E-state index contributed by atoms with van der Waals surface area (Å²) in [6.45, 7) is 1.94. The van der Waals surface area contributed by atoms with Crippen LogP contribution in [0.15, 0.2) is 18.2 Å². The maximum absolute atomic E-state index is 10.5. The molecule has 0 fully saturated rings. The molecule has 0 bridgehead atoms. The van der Waals surface area contributed by atoms with Crippen LogP contribution in [0.1, 0.15) is 17.5 Å². The Bertz CT molecular complexity index is 336. The molecule has 0 spiro atoms. The molecule has 1 N–H and O–H groups in total. The summed E-state index contributed by atoms with van der Waals surface area (Å²) in [7, 11) is 0. The maximum Gasteiger partial charge on any atom is 0.269 e. The van der Waals surface area contributed by atoms with Gasteiger partial charge in [-0.2, -0.15) is 0 Å². The van der Waals surface area contributed by atoms with Crippen LogP contribution < -0.4 is 0 Å². The molecule has 0 radical (unpaired) electrons. The van der Waals surface area contributed by atoms with Gasteiger partial charge in [0.25, 0.3) is 5.69 Å². The van der Waals surface area contributed by atoms with Crippen molar-refractivity contribution in [3.05, 3.63) is 39.4 Å². The highest BCUT2D eigenvalue weighted by Crippen LogP contribution is 2.17. The van der Waals surface area contributed by atoms with E-state index >= 15 is 0 Å². The second-order valence-electron chi connectivity index (χ2n) is 3.26. The maximum atomic E-state index is 10.5. The highest BCUT2D eigenvalue weighted by Gasteiger charge is 2.07. The fourth-order valence-corrected chi connectivity index (χ4v) is 1.37. The van der Waals surface area contributed by atoms with Gasteiger partial charge in [-0.15, -0.1) is 0 Å². The zero-order valence-electron chi connectivity index (χ0n) is 8.06. The van der Waals surface area contributed by atoms with E-state index in [2.05, 4.69) is 0 Å². The Morgan fingerprint density at radius 3 is 2.71 bits per heavy atom. The van der Waals surface area contributed by atoms with Crippen molar-refractivity contribution in [1.82, 2.24) is 0 Å². The molecule has 1 aromatic carbocycles. The van der Waals surface area contributed by atoms with Crippen LogP contribution >= 0.6 is 0 Å². The Balaban J connectivity index is 2.89. The molecule has 76 valence electrons. The number of hydrogen-bond acceptors (Lipinski definition) is 3. The van der Waals surface area contributed by atoms with Crippen LogP contribution in [-0.2, 0) is 6.42 Å². The SMILES string of the molecule is Cc1cc(CCCO)cc([N+](=O)[O-])c1. The van der Waals surface area contributed by atoms with Crippen molar-refractivity contribution in [3.63, 3.8) is 0 Å². The minimum atomic E-state index is -0.393. The standard InChI is InChI=1S/C10H13NO3/c1-8-5-9(3-2-4-12)7-10(6-8)11(13)14/h5-7,12H,2-4H2,1H3. The third kappa shape index (κ3) is 2.81. The van der Waals surface area contributed by atoms with Crippen LogP contribution in [0.2, 0.25) is 0 Å². The molecule has 1 aromatic rings. The summed E-state index contributed by atoms with van der Waals surface area (Å²) < 4.78 is 0. The lowest BCUT2D eigenvalue weighted by atomic mass is 10.1. The first kappa shape index (κ1) is 10.7. The fourth-order valence-electron chi connectivity index (χ4n) is 1.37. The van der Waals surface area contributed by atoms with Gasteiger partial charge in [0, 0.05) is 18.7 Å². The van der Waals surface area contributed by atoms with Crippen LogP contribution in [0, 0.1) is 17.0 Å². The first-order valence-electron chi connectivity index (χ1n) is 4.49. The molecule has 14 heavy (non-hydrogen) atoms. The highest BCUT2D eigenvalue weighted by molar-refractivity contribution is 5.38. The van der Waals surface area contributed by atoms with Gasteiger partial charge in [0.1, 0.15) is 0 Å². The quantitative estimate of drug-likeness (QED) is 0.588. The number of hydrogen-bond donors (Lipinski definition) is 1. The normalized spacial score (nSPS) is 10.1. The lowest BCUT2D eigenvalue weighted by Crippen LogP contribution is -1.94. The summed E-state index contributed by atoms with van der Waals surface area (Å²) in [5.41, 5.74) is 1.91. The molecule has 0 saturated heterocycles. The smallest absolute Gasteiger partial charge is 0.269 e. The lowest BCUT2D eigenvalue weighted by Gasteiger charge is -2.01. The van der Waals surface area contributed by atoms with E-state index in [-0.39, 0.29) is 12.3 Å². The molecule has 0 unspecified atom stereocenters. The summed E-state index contributed by atoms with van der Waals surface area (Å²) in [5.74, 6) is 0. The predicted molar refractivity (Wildman–Crippen MR) is 53.2 cm³/mol. The Morgan fingerprint density at radius 2 is 2.14 bits per heavy atom. The predicted octanol–water partition coefficient (Wildman–Crippen LogP) is 1.83. The van der Waals surface area contributed by atoms with Crippen molar-refractivity contribution < 1.29 is 10.0 Å². The number of rotatable bonds is 4. The number of nitro groups is 1. The number of nitro benzene ring substituents is 1. The largest absolute Gasteiger partial charge is 0.396 e. The second-order valence-corrected chi connectivity index (χ2v) is 3.26. The zero-order valence-corrected chi connectivity index (χ0v) is 8.06. The molecule has 0 saturated carbocycles. The average Bonchev–Trinajstić information content (AvgIpc) is 2.14. The Morgan fingerprint density at radius 1 is 1.43 bits per heavy atom. The molecule has 0 aliphatic carbocycles. The van der Waals surface area contributed by atoms with Gasteiger partial charge in [-0.25, -0.2) is 0 Å². The third-order valence-corrected chi connectivity index (χ3v) is 1.96. The first-order valence-corrected chi connectivity index (χ1v) is 4.49. The van der Waals surface area contributed by atoms with E-state index in [1.165, 1.54) is 0 Å². The summed E-state index contributed by atoms with van der Waals surface area (Å²) in [6.07, 6.45) is 1.32. The van der Waals surface area contributed by atoms with Crippen molar-refractivity contribution in [1.29, 1.82) is 0 Å². The van der Waals surface area contributed by atoms with E-state index in [0.29, 0.717) is 12.8 Å². The summed E-state index contributed by atoms with van der Waals surface area (Å²) >= 11 is 0. The van der Waals surface area contributed by atoms with Crippen LogP contribution in [0.4, 0.5) is 5.69 Å². The molecule has 4 nitrogen and oxygen atoms in total. The summed E-state index contributed by atoms with van der Waals surface area (Å²) in [6, 6.07) is 5.01. The van der Waals surface area contributed by atoms with Crippen LogP contribution in [0.5, 0.6) is 0 Å². The van der Waals surface area contributed by atoms with Gasteiger partial charge in [-0.3, -0.25) is 10.1 Å². The number of benzene rings is 1. The van der Waals surface area contributed by atoms with Crippen molar-refractivity contribution in [3.8, 4) is 0 Å². The van der Waals surface area contributed by atoms with Crippen molar-refractivity contribution in [2.75, 3.05) is 6.61 Å². The van der Waals surface area contributed by atoms with Crippen LogP contribution in [0.3, 0.4) is 0 Å². The number of aliphatic hydroxyl groups excluding tert-OH is 1. The van der Waals surface area contributed by atoms with Gasteiger partial charge >= 0.3 is 0 Å². The van der Waals surface area contributed by atoms with Crippen molar-refractivity contribution >= 4 is 5.69 Å². The van der Waals surface area contributed by atoms with Crippen LogP contribution in [-0.4, -0.2) is 16.6 Å². The van der Waals surface area contributed by atoms with Gasteiger partial charge in [-0.05, 0) is 30.9 Å². The van der Waals surface area contributed by atoms with Gasteiger partial charge in [-0.1, -0.05) is 6.07 Å². The molecule has 0 aliphatic heterocycles. The van der Waals surface area contributed by atoms with E-state index < -0.39 is 4.92 Å². The van der Waals surface area contributed by atoms with E-state index in [1.54, 1.807) is 12.1 Å². The molecule has 0 heterocycles.